The highest BCUT2D eigenvalue weighted by Crippen LogP contribution is 2.27. The number of benzene rings is 2. The molecule has 0 fully saturated rings. The van der Waals surface area contributed by atoms with E-state index in [4.69, 9.17) is 4.74 Å². The van der Waals surface area contributed by atoms with Gasteiger partial charge in [-0.1, -0.05) is 30.3 Å². The standard InChI is InChI=1S/C18H22N2O/c1-13(14-6-8-17(21-2)9-7-14)20-12-16-5-3-4-15-10-11-19-18(15)16/h3-9,13,19-20H,10-12H2,1-2H3/t13-/m0/s1. The molecule has 1 heterocycles. The fourth-order valence-corrected chi connectivity index (χ4v) is 2.83. The van der Waals surface area contributed by atoms with E-state index in [1.807, 2.05) is 12.1 Å². The number of para-hydroxylation sites is 1. The average molecular weight is 282 g/mol. The Labute approximate surface area is 126 Å². The normalized spacial score (nSPS) is 14.4. The molecular weight excluding hydrogens is 260 g/mol. The van der Waals surface area contributed by atoms with Gasteiger partial charge in [0.25, 0.3) is 0 Å². The summed E-state index contributed by atoms with van der Waals surface area (Å²) in [7, 11) is 1.69. The molecule has 0 aliphatic carbocycles. The van der Waals surface area contributed by atoms with E-state index in [0.717, 1.165) is 25.3 Å². The fourth-order valence-electron chi connectivity index (χ4n) is 2.83. The van der Waals surface area contributed by atoms with Crippen molar-refractivity contribution in [1.29, 1.82) is 0 Å². The summed E-state index contributed by atoms with van der Waals surface area (Å²) in [6.45, 7) is 4.13. The molecule has 1 aliphatic rings. The van der Waals surface area contributed by atoms with E-state index in [-0.39, 0.29) is 0 Å². The molecule has 2 N–H and O–H groups in total. The Bertz CT molecular complexity index is 607. The first-order valence-corrected chi connectivity index (χ1v) is 7.50. The van der Waals surface area contributed by atoms with Crippen LogP contribution in [-0.2, 0) is 13.0 Å². The van der Waals surface area contributed by atoms with Gasteiger partial charge in [0.15, 0.2) is 0 Å². The first kappa shape index (κ1) is 14.0. The van der Waals surface area contributed by atoms with Crippen LogP contribution in [-0.4, -0.2) is 13.7 Å². The quantitative estimate of drug-likeness (QED) is 0.880. The van der Waals surface area contributed by atoms with Gasteiger partial charge in [-0.15, -0.1) is 0 Å². The van der Waals surface area contributed by atoms with Crippen LogP contribution in [0.1, 0.15) is 29.7 Å². The van der Waals surface area contributed by atoms with Crippen LogP contribution >= 0.6 is 0 Å². The van der Waals surface area contributed by atoms with Crippen LogP contribution in [0, 0.1) is 0 Å². The maximum Gasteiger partial charge on any atom is 0.118 e. The van der Waals surface area contributed by atoms with Gasteiger partial charge < -0.3 is 15.4 Å². The molecule has 0 spiro atoms. The van der Waals surface area contributed by atoms with Crippen LogP contribution in [0.4, 0.5) is 5.69 Å². The molecule has 0 saturated heterocycles. The van der Waals surface area contributed by atoms with Crippen molar-refractivity contribution in [2.24, 2.45) is 0 Å². The third-order valence-corrected chi connectivity index (χ3v) is 4.15. The molecule has 110 valence electrons. The summed E-state index contributed by atoms with van der Waals surface area (Å²) in [5, 5.41) is 7.09. The summed E-state index contributed by atoms with van der Waals surface area (Å²) in [4.78, 5) is 0. The first-order chi connectivity index (χ1) is 10.3. The maximum atomic E-state index is 5.20. The van der Waals surface area contributed by atoms with Crippen molar-refractivity contribution in [3.8, 4) is 5.75 Å². The second-order valence-electron chi connectivity index (χ2n) is 5.50. The van der Waals surface area contributed by atoms with Crippen molar-refractivity contribution in [2.75, 3.05) is 19.0 Å². The lowest BCUT2D eigenvalue weighted by Crippen LogP contribution is -2.18. The van der Waals surface area contributed by atoms with Gasteiger partial charge in [-0.3, -0.25) is 0 Å². The summed E-state index contributed by atoms with van der Waals surface area (Å²) in [6.07, 6.45) is 1.14. The van der Waals surface area contributed by atoms with Gasteiger partial charge in [-0.25, -0.2) is 0 Å². The molecule has 0 saturated carbocycles. The molecule has 3 nitrogen and oxygen atoms in total. The zero-order valence-electron chi connectivity index (χ0n) is 12.6. The molecule has 1 aliphatic heterocycles. The summed E-state index contributed by atoms with van der Waals surface area (Å²) < 4.78 is 5.20. The van der Waals surface area contributed by atoms with E-state index < -0.39 is 0 Å². The zero-order chi connectivity index (χ0) is 14.7. The lowest BCUT2D eigenvalue weighted by Gasteiger charge is -2.16. The molecule has 2 aromatic carbocycles. The van der Waals surface area contributed by atoms with Crippen LogP contribution in [0.5, 0.6) is 5.75 Å². The number of anilines is 1. The Hall–Kier alpha value is -2.00. The molecule has 2 aromatic rings. The first-order valence-electron chi connectivity index (χ1n) is 7.50. The van der Waals surface area contributed by atoms with Crippen molar-refractivity contribution < 1.29 is 4.74 Å². The van der Waals surface area contributed by atoms with Crippen LogP contribution in [0.2, 0.25) is 0 Å². The van der Waals surface area contributed by atoms with Gasteiger partial charge in [-0.2, -0.15) is 0 Å². The van der Waals surface area contributed by atoms with Gasteiger partial charge in [0.2, 0.25) is 0 Å². The lowest BCUT2D eigenvalue weighted by atomic mass is 10.1. The maximum absolute atomic E-state index is 5.20. The van der Waals surface area contributed by atoms with Gasteiger partial charge >= 0.3 is 0 Å². The number of methoxy groups -OCH3 is 1. The van der Waals surface area contributed by atoms with E-state index >= 15 is 0 Å². The van der Waals surface area contributed by atoms with Crippen LogP contribution in [0.25, 0.3) is 0 Å². The highest BCUT2D eigenvalue weighted by molar-refractivity contribution is 5.61. The van der Waals surface area contributed by atoms with Gasteiger partial charge in [0.05, 0.1) is 7.11 Å². The molecule has 0 radical (unpaired) electrons. The minimum atomic E-state index is 0.313. The van der Waals surface area contributed by atoms with Crippen molar-refractivity contribution in [3.63, 3.8) is 0 Å². The molecular formula is C18H22N2O. The predicted octanol–water partition coefficient (Wildman–Crippen LogP) is 3.51. The molecule has 0 unspecified atom stereocenters. The smallest absolute Gasteiger partial charge is 0.118 e. The molecule has 3 heteroatoms. The van der Waals surface area contributed by atoms with Crippen molar-refractivity contribution in [3.05, 3.63) is 59.2 Å². The van der Waals surface area contributed by atoms with Gasteiger partial charge in [0.1, 0.15) is 5.75 Å². The zero-order valence-corrected chi connectivity index (χ0v) is 12.6. The third kappa shape index (κ3) is 3.03. The summed E-state index contributed by atoms with van der Waals surface area (Å²) in [5.41, 5.74) is 5.39. The SMILES string of the molecule is COc1ccc([C@H](C)NCc2cccc3c2NCC3)cc1. The second-order valence-corrected chi connectivity index (χ2v) is 5.50. The second kappa shape index (κ2) is 6.19. The van der Waals surface area contributed by atoms with Crippen LogP contribution in [0.15, 0.2) is 42.5 Å². The van der Waals surface area contributed by atoms with E-state index in [1.165, 1.54) is 22.4 Å². The molecule has 0 bridgehead atoms. The minimum absolute atomic E-state index is 0.313. The largest absolute Gasteiger partial charge is 0.497 e. The average Bonchev–Trinajstić information content (AvgIpc) is 3.02. The number of fused-ring (bicyclic) bond motifs is 1. The third-order valence-electron chi connectivity index (χ3n) is 4.15. The number of ether oxygens (including phenoxy) is 1. The number of rotatable bonds is 5. The Morgan fingerprint density at radius 2 is 2.00 bits per heavy atom. The van der Waals surface area contributed by atoms with Gasteiger partial charge in [0, 0.05) is 24.8 Å². The summed E-state index contributed by atoms with van der Waals surface area (Å²) >= 11 is 0. The highest BCUT2D eigenvalue weighted by Gasteiger charge is 2.14. The number of hydrogen-bond acceptors (Lipinski definition) is 3. The minimum Gasteiger partial charge on any atom is -0.497 e. The van der Waals surface area contributed by atoms with E-state index in [2.05, 4.69) is 47.9 Å². The van der Waals surface area contributed by atoms with E-state index in [9.17, 15) is 0 Å². The molecule has 3 rings (SSSR count). The Balaban J connectivity index is 1.65. The Kier molecular flexibility index (Phi) is 4.11. The topological polar surface area (TPSA) is 33.3 Å². The van der Waals surface area contributed by atoms with Crippen molar-refractivity contribution in [2.45, 2.75) is 25.9 Å². The van der Waals surface area contributed by atoms with Crippen molar-refractivity contribution in [1.82, 2.24) is 5.32 Å². The van der Waals surface area contributed by atoms with E-state index in [1.54, 1.807) is 7.11 Å². The Morgan fingerprint density at radius 1 is 1.19 bits per heavy atom. The highest BCUT2D eigenvalue weighted by atomic mass is 16.5. The molecule has 0 aromatic heterocycles. The lowest BCUT2D eigenvalue weighted by molar-refractivity contribution is 0.414. The van der Waals surface area contributed by atoms with Crippen LogP contribution in [0.3, 0.4) is 0 Å². The van der Waals surface area contributed by atoms with Crippen molar-refractivity contribution >= 4 is 5.69 Å². The summed E-state index contributed by atoms with van der Waals surface area (Å²) in [6, 6.07) is 15.1. The summed E-state index contributed by atoms with van der Waals surface area (Å²) in [5.74, 6) is 0.899. The molecule has 21 heavy (non-hydrogen) atoms. The van der Waals surface area contributed by atoms with Gasteiger partial charge in [-0.05, 0) is 42.2 Å². The number of nitrogens with one attached hydrogen (secondary N) is 2. The monoisotopic (exact) mass is 282 g/mol. The molecule has 0 amide bonds. The van der Waals surface area contributed by atoms with Crippen LogP contribution < -0.4 is 15.4 Å². The van der Waals surface area contributed by atoms with E-state index in [0.29, 0.717) is 6.04 Å². The predicted molar refractivity (Wildman–Crippen MR) is 86.9 cm³/mol. The fraction of sp³-hybridized carbons (Fsp3) is 0.333. The number of hydrogen-bond donors (Lipinski definition) is 2. The molecule has 1 atom stereocenters. The Morgan fingerprint density at radius 3 is 2.76 bits per heavy atom.